The fourth-order valence-electron chi connectivity index (χ4n) is 1.47. The van der Waals surface area contributed by atoms with Crippen LogP contribution < -0.4 is 11.1 Å². The predicted molar refractivity (Wildman–Crippen MR) is 65.8 cm³/mol. The first kappa shape index (κ1) is 12.5. The van der Waals surface area contributed by atoms with Gasteiger partial charge in [0.2, 0.25) is 5.91 Å². The molecule has 0 saturated heterocycles. The minimum Gasteiger partial charge on any atom is -0.350 e. The van der Waals surface area contributed by atoms with Gasteiger partial charge >= 0.3 is 0 Å². The fourth-order valence-corrected chi connectivity index (χ4v) is 1.47. The Morgan fingerprint density at radius 2 is 2.12 bits per heavy atom. The summed E-state index contributed by atoms with van der Waals surface area (Å²) in [5.74, 6) is -0.00620. The van der Waals surface area contributed by atoms with E-state index in [-0.39, 0.29) is 11.9 Å². The number of nitrogens with two attached hydrogens (primary N) is 1. The highest BCUT2D eigenvalue weighted by molar-refractivity contribution is 5.79. The highest BCUT2D eigenvalue weighted by Crippen LogP contribution is 2.08. The third-order valence-corrected chi connectivity index (χ3v) is 2.43. The van der Waals surface area contributed by atoms with Crippen molar-refractivity contribution in [1.82, 2.24) is 5.32 Å². The molecule has 0 bridgehead atoms. The fraction of sp³-hybridized carbons (Fsp3) is 0.308. The van der Waals surface area contributed by atoms with Gasteiger partial charge in [-0.25, -0.2) is 0 Å². The Balaban J connectivity index is 2.65. The van der Waals surface area contributed by atoms with E-state index in [0.29, 0.717) is 13.0 Å². The summed E-state index contributed by atoms with van der Waals surface area (Å²) < 4.78 is 0. The Bertz CT molecular complexity index is 374. The summed E-state index contributed by atoms with van der Waals surface area (Å²) in [7, 11) is 0. The van der Waals surface area contributed by atoms with E-state index in [0.717, 1.165) is 11.1 Å². The van der Waals surface area contributed by atoms with E-state index < -0.39 is 0 Å². The minimum atomic E-state index is -0.00620. The van der Waals surface area contributed by atoms with Crippen LogP contribution in [-0.2, 0) is 17.8 Å². The summed E-state index contributed by atoms with van der Waals surface area (Å²) >= 11 is 0. The second-order valence-electron chi connectivity index (χ2n) is 3.74. The van der Waals surface area contributed by atoms with Crippen molar-refractivity contribution in [3.63, 3.8) is 0 Å². The van der Waals surface area contributed by atoms with E-state index in [2.05, 4.69) is 11.9 Å². The molecule has 0 fully saturated rings. The van der Waals surface area contributed by atoms with E-state index >= 15 is 0 Å². The van der Waals surface area contributed by atoms with E-state index in [9.17, 15) is 4.79 Å². The molecular formula is C13H18N2O. The topological polar surface area (TPSA) is 55.1 Å². The van der Waals surface area contributed by atoms with E-state index in [1.54, 1.807) is 6.08 Å². The molecule has 0 aliphatic carbocycles. The number of hydrogen-bond acceptors (Lipinski definition) is 2. The third-order valence-electron chi connectivity index (χ3n) is 2.43. The maximum absolute atomic E-state index is 11.7. The Hall–Kier alpha value is -1.61. The molecule has 3 nitrogen and oxygen atoms in total. The zero-order chi connectivity index (χ0) is 12.0. The van der Waals surface area contributed by atoms with Gasteiger partial charge in [0.25, 0.3) is 0 Å². The van der Waals surface area contributed by atoms with Crippen LogP contribution in [0.25, 0.3) is 0 Å². The van der Waals surface area contributed by atoms with Gasteiger partial charge in [0.15, 0.2) is 0 Å². The van der Waals surface area contributed by atoms with Crippen molar-refractivity contribution in [2.45, 2.75) is 25.9 Å². The summed E-state index contributed by atoms with van der Waals surface area (Å²) in [4.78, 5) is 11.7. The van der Waals surface area contributed by atoms with Crippen molar-refractivity contribution < 1.29 is 4.79 Å². The molecule has 1 rings (SSSR count). The molecule has 0 aliphatic rings. The lowest BCUT2D eigenvalue weighted by Crippen LogP contribution is -2.32. The maximum atomic E-state index is 11.7. The molecule has 1 aromatic rings. The van der Waals surface area contributed by atoms with Crippen LogP contribution in [0.3, 0.4) is 0 Å². The SMILES string of the molecule is C=CC(C)NC(=O)Cc1ccccc1CN. The molecule has 0 radical (unpaired) electrons. The molecule has 0 aliphatic heterocycles. The number of amides is 1. The summed E-state index contributed by atoms with van der Waals surface area (Å²) in [6, 6.07) is 7.71. The van der Waals surface area contributed by atoms with Gasteiger partial charge < -0.3 is 11.1 Å². The Morgan fingerprint density at radius 1 is 1.50 bits per heavy atom. The monoisotopic (exact) mass is 218 g/mol. The molecule has 1 amide bonds. The van der Waals surface area contributed by atoms with Crippen molar-refractivity contribution in [2.24, 2.45) is 5.73 Å². The standard InChI is InChI=1S/C13H18N2O/c1-3-10(2)15-13(16)8-11-6-4-5-7-12(11)9-14/h3-7,10H,1,8-9,14H2,2H3,(H,15,16). The molecule has 1 unspecified atom stereocenters. The first-order valence-corrected chi connectivity index (χ1v) is 5.36. The molecule has 0 aromatic heterocycles. The summed E-state index contributed by atoms with van der Waals surface area (Å²) in [5.41, 5.74) is 7.61. The van der Waals surface area contributed by atoms with E-state index in [1.165, 1.54) is 0 Å². The van der Waals surface area contributed by atoms with E-state index in [1.807, 2.05) is 31.2 Å². The zero-order valence-electron chi connectivity index (χ0n) is 9.57. The van der Waals surface area contributed by atoms with Crippen LogP contribution in [0.2, 0.25) is 0 Å². The van der Waals surface area contributed by atoms with Crippen LogP contribution in [0.5, 0.6) is 0 Å². The molecule has 16 heavy (non-hydrogen) atoms. The number of rotatable bonds is 5. The second kappa shape index (κ2) is 6.08. The molecule has 1 aromatic carbocycles. The lowest BCUT2D eigenvalue weighted by atomic mass is 10.0. The van der Waals surface area contributed by atoms with Crippen LogP contribution in [0.15, 0.2) is 36.9 Å². The predicted octanol–water partition coefficient (Wildman–Crippen LogP) is 1.38. The van der Waals surface area contributed by atoms with Crippen LogP contribution in [0.4, 0.5) is 0 Å². The van der Waals surface area contributed by atoms with Crippen LogP contribution >= 0.6 is 0 Å². The first-order valence-electron chi connectivity index (χ1n) is 5.36. The van der Waals surface area contributed by atoms with Crippen LogP contribution in [0, 0.1) is 0 Å². The van der Waals surface area contributed by atoms with Crippen molar-refractivity contribution in [3.8, 4) is 0 Å². The van der Waals surface area contributed by atoms with Gasteiger partial charge in [0.05, 0.1) is 6.42 Å². The zero-order valence-corrected chi connectivity index (χ0v) is 9.57. The molecule has 0 saturated carbocycles. The molecule has 86 valence electrons. The summed E-state index contributed by atoms with van der Waals surface area (Å²) in [5, 5.41) is 2.83. The molecule has 3 N–H and O–H groups in total. The highest BCUT2D eigenvalue weighted by Gasteiger charge is 2.07. The molecule has 0 heterocycles. The lowest BCUT2D eigenvalue weighted by Gasteiger charge is -2.11. The van der Waals surface area contributed by atoms with E-state index in [4.69, 9.17) is 5.73 Å². The Morgan fingerprint density at radius 3 is 2.69 bits per heavy atom. The summed E-state index contributed by atoms with van der Waals surface area (Å²) in [6.07, 6.45) is 2.07. The molecule has 3 heteroatoms. The van der Waals surface area contributed by atoms with Crippen LogP contribution in [-0.4, -0.2) is 11.9 Å². The highest BCUT2D eigenvalue weighted by atomic mass is 16.1. The number of carbonyl (C=O) groups is 1. The molecular weight excluding hydrogens is 200 g/mol. The average Bonchev–Trinajstić information content (AvgIpc) is 2.29. The van der Waals surface area contributed by atoms with Crippen molar-refractivity contribution in [1.29, 1.82) is 0 Å². The minimum absolute atomic E-state index is 0.00228. The Labute approximate surface area is 96.3 Å². The van der Waals surface area contributed by atoms with Gasteiger partial charge in [-0.15, -0.1) is 6.58 Å². The lowest BCUT2D eigenvalue weighted by molar-refractivity contribution is -0.120. The molecule has 0 spiro atoms. The number of carbonyl (C=O) groups excluding carboxylic acids is 1. The first-order chi connectivity index (χ1) is 7.67. The quantitative estimate of drug-likeness (QED) is 0.734. The van der Waals surface area contributed by atoms with Gasteiger partial charge in [-0.05, 0) is 18.1 Å². The van der Waals surface area contributed by atoms with Crippen molar-refractivity contribution in [3.05, 3.63) is 48.0 Å². The number of nitrogens with one attached hydrogen (secondary N) is 1. The normalized spacial score (nSPS) is 11.9. The smallest absolute Gasteiger partial charge is 0.224 e. The maximum Gasteiger partial charge on any atom is 0.224 e. The van der Waals surface area contributed by atoms with Crippen LogP contribution in [0.1, 0.15) is 18.1 Å². The van der Waals surface area contributed by atoms with Crippen molar-refractivity contribution in [2.75, 3.05) is 0 Å². The van der Waals surface area contributed by atoms with Gasteiger partial charge in [-0.1, -0.05) is 30.3 Å². The Kier molecular flexibility index (Phi) is 4.73. The van der Waals surface area contributed by atoms with Gasteiger partial charge in [-0.2, -0.15) is 0 Å². The average molecular weight is 218 g/mol. The number of hydrogen-bond donors (Lipinski definition) is 2. The third kappa shape index (κ3) is 3.51. The van der Waals surface area contributed by atoms with Gasteiger partial charge in [-0.3, -0.25) is 4.79 Å². The van der Waals surface area contributed by atoms with Gasteiger partial charge in [0, 0.05) is 12.6 Å². The number of benzene rings is 1. The van der Waals surface area contributed by atoms with Gasteiger partial charge in [0.1, 0.15) is 0 Å². The molecule has 1 atom stereocenters. The largest absolute Gasteiger partial charge is 0.350 e. The van der Waals surface area contributed by atoms with Crippen molar-refractivity contribution >= 4 is 5.91 Å². The summed E-state index contributed by atoms with van der Waals surface area (Å²) in [6.45, 7) is 5.97. The second-order valence-corrected chi connectivity index (χ2v) is 3.74.